The molecule has 108 valence electrons. The third-order valence-corrected chi connectivity index (χ3v) is 4.77. The van der Waals surface area contributed by atoms with Gasteiger partial charge in [-0.1, -0.05) is 24.1 Å². The van der Waals surface area contributed by atoms with E-state index in [4.69, 9.17) is 4.74 Å². The topological polar surface area (TPSA) is 38.3 Å². The van der Waals surface area contributed by atoms with E-state index in [2.05, 4.69) is 5.32 Å². The monoisotopic (exact) mass is 273 g/mol. The summed E-state index contributed by atoms with van der Waals surface area (Å²) in [6.07, 6.45) is 4.66. The number of benzene rings is 1. The lowest BCUT2D eigenvalue weighted by molar-refractivity contribution is -0.128. The second kappa shape index (κ2) is 5.47. The predicted molar refractivity (Wildman–Crippen MR) is 78.6 cm³/mol. The molecule has 3 heteroatoms. The summed E-state index contributed by atoms with van der Waals surface area (Å²) in [5.74, 6) is 2.32. The van der Waals surface area contributed by atoms with Crippen LogP contribution in [-0.2, 0) is 4.79 Å². The SMILES string of the molecule is Cc1ccc(O[C@H](C)C(=O)N[C@H]2C[C@H]3CC[C@H]2C3)cc1. The van der Waals surface area contributed by atoms with Crippen molar-refractivity contribution in [1.29, 1.82) is 0 Å². The first-order chi connectivity index (χ1) is 9.61. The van der Waals surface area contributed by atoms with E-state index in [0.717, 1.165) is 18.1 Å². The lowest BCUT2D eigenvalue weighted by atomic mass is 9.95. The van der Waals surface area contributed by atoms with Gasteiger partial charge >= 0.3 is 0 Å². The number of carbonyl (C=O) groups excluding carboxylic acids is 1. The van der Waals surface area contributed by atoms with E-state index in [9.17, 15) is 4.79 Å². The fraction of sp³-hybridized carbons (Fsp3) is 0.588. The first kappa shape index (κ1) is 13.5. The largest absolute Gasteiger partial charge is 0.481 e. The van der Waals surface area contributed by atoms with Crippen molar-refractivity contribution in [2.24, 2.45) is 11.8 Å². The molecule has 0 aliphatic heterocycles. The maximum absolute atomic E-state index is 12.2. The van der Waals surface area contributed by atoms with Gasteiger partial charge in [0.15, 0.2) is 6.10 Å². The van der Waals surface area contributed by atoms with E-state index in [0.29, 0.717) is 12.0 Å². The van der Waals surface area contributed by atoms with Crippen LogP contribution in [0.1, 0.15) is 38.2 Å². The highest BCUT2D eigenvalue weighted by Gasteiger charge is 2.40. The van der Waals surface area contributed by atoms with Crippen LogP contribution in [0.15, 0.2) is 24.3 Å². The quantitative estimate of drug-likeness (QED) is 0.915. The van der Waals surface area contributed by atoms with Gasteiger partial charge in [-0.2, -0.15) is 0 Å². The molecule has 4 atom stereocenters. The molecule has 2 saturated carbocycles. The average Bonchev–Trinajstić information content (AvgIpc) is 3.03. The summed E-state index contributed by atoms with van der Waals surface area (Å²) < 4.78 is 5.71. The van der Waals surface area contributed by atoms with E-state index in [1.807, 2.05) is 38.1 Å². The van der Waals surface area contributed by atoms with Crippen molar-refractivity contribution in [3.63, 3.8) is 0 Å². The fourth-order valence-corrected chi connectivity index (χ4v) is 3.60. The Morgan fingerprint density at radius 3 is 2.60 bits per heavy atom. The second-order valence-corrected chi connectivity index (χ2v) is 6.36. The molecule has 0 heterocycles. The molecule has 2 aliphatic rings. The summed E-state index contributed by atoms with van der Waals surface area (Å²) in [7, 11) is 0. The summed E-state index contributed by atoms with van der Waals surface area (Å²) in [6.45, 7) is 3.86. The van der Waals surface area contributed by atoms with Crippen molar-refractivity contribution < 1.29 is 9.53 Å². The highest BCUT2D eigenvalue weighted by Crippen LogP contribution is 2.44. The Morgan fingerprint density at radius 2 is 2.00 bits per heavy atom. The van der Waals surface area contributed by atoms with Gasteiger partial charge in [0, 0.05) is 6.04 Å². The maximum Gasteiger partial charge on any atom is 0.261 e. The van der Waals surface area contributed by atoms with Crippen molar-refractivity contribution >= 4 is 5.91 Å². The van der Waals surface area contributed by atoms with Gasteiger partial charge in [0.25, 0.3) is 5.91 Å². The summed E-state index contributed by atoms with van der Waals surface area (Å²) in [6, 6.07) is 8.20. The van der Waals surface area contributed by atoms with Crippen LogP contribution in [0.3, 0.4) is 0 Å². The zero-order chi connectivity index (χ0) is 14.1. The van der Waals surface area contributed by atoms with Gasteiger partial charge in [0.05, 0.1) is 0 Å². The van der Waals surface area contributed by atoms with E-state index in [-0.39, 0.29) is 5.91 Å². The van der Waals surface area contributed by atoms with Gasteiger partial charge in [-0.05, 0) is 57.1 Å². The number of fused-ring (bicyclic) bond motifs is 2. The van der Waals surface area contributed by atoms with Gasteiger partial charge in [-0.25, -0.2) is 0 Å². The number of nitrogens with one attached hydrogen (secondary N) is 1. The van der Waals surface area contributed by atoms with E-state index in [1.165, 1.54) is 24.8 Å². The highest BCUT2D eigenvalue weighted by molar-refractivity contribution is 5.81. The van der Waals surface area contributed by atoms with Gasteiger partial charge in [0.1, 0.15) is 5.75 Å². The molecule has 1 N–H and O–H groups in total. The van der Waals surface area contributed by atoms with Crippen LogP contribution >= 0.6 is 0 Å². The predicted octanol–water partition coefficient (Wildman–Crippen LogP) is 3.07. The van der Waals surface area contributed by atoms with Crippen LogP contribution in [0.5, 0.6) is 5.75 Å². The van der Waals surface area contributed by atoms with Crippen molar-refractivity contribution in [3.05, 3.63) is 29.8 Å². The number of aryl methyl sites for hydroxylation is 1. The zero-order valence-electron chi connectivity index (χ0n) is 12.3. The van der Waals surface area contributed by atoms with Crippen molar-refractivity contribution in [2.75, 3.05) is 0 Å². The number of hydrogen-bond donors (Lipinski definition) is 1. The molecule has 20 heavy (non-hydrogen) atoms. The number of rotatable bonds is 4. The summed E-state index contributed by atoms with van der Waals surface area (Å²) >= 11 is 0. The van der Waals surface area contributed by atoms with Crippen molar-refractivity contribution in [1.82, 2.24) is 5.32 Å². The lowest BCUT2D eigenvalue weighted by Crippen LogP contribution is -2.44. The Hall–Kier alpha value is -1.51. The Labute approximate surface area is 120 Å². The third kappa shape index (κ3) is 2.82. The molecule has 2 fully saturated rings. The van der Waals surface area contributed by atoms with Crippen molar-refractivity contribution in [3.8, 4) is 5.75 Å². The van der Waals surface area contributed by atoms with Crippen LogP contribution in [0, 0.1) is 18.8 Å². The molecule has 0 spiro atoms. The zero-order valence-corrected chi connectivity index (χ0v) is 12.3. The Kier molecular flexibility index (Phi) is 3.68. The first-order valence-electron chi connectivity index (χ1n) is 7.65. The average molecular weight is 273 g/mol. The normalized spacial score (nSPS) is 29.2. The first-order valence-corrected chi connectivity index (χ1v) is 7.65. The third-order valence-electron chi connectivity index (χ3n) is 4.77. The van der Waals surface area contributed by atoms with Gasteiger partial charge in [-0.3, -0.25) is 4.79 Å². The molecular weight excluding hydrogens is 250 g/mol. The fourth-order valence-electron chi connectivity index (χ4n) is 3.60. The number of ether oxygens (including phenoxy) is 1. The molecule has 2 aliphatic carbocycles. The van der Waals surface area contributed by atoms with Crippen LogP contribution in [0.2, 0.25) is 0 Å². The molecular formula is C17H23NO2. The molecule has 1 amide bonds. The number of amides is 1. The Morgan fingerprint density at radius 1 is 1.25 bits per heavy atom. The van der Waals surface area contributed by atoms with Crippen molar-refractivity contribution in [2.45, 2.75) is 51.7 Å². The minimum absolute atomic E-state index is 0.0168. The highest BCUT2D eigenvalue weighted by atomic mass is 16.5. The number of hydrogen-bond acceptors (Lipinski definition) is 2. The van der Waals surface area contributed by atoms with Gasteiger partial charge < -0.3 is 10.1 Å². The minimum atomic E-state index is -0.433. The van der Waals surface area contributed by atoms with E-state index < -0.39 is 6.10 Å². The van der Waals surface area contributed by atoms with Gasteiger partial charge in [0.2, 0.25) is 0 Å². The standard InChI is InChI=1S/C17H23NO2/c1-11-3-7-15(8-4-11)20-12(2)17(19)18-16-10-13-5-6-14(16)9-13/h3-4,7-8,12-14,16H,5-6,9-10H2,1-2H3,(H,18,19)/t12-,13+,14+,16+/m1/s1. The second-order valence-electron chi connectivity index (χ2n) is 6.36. The van der Waals surface area contributed by atoms with Crippen LogP contribution < -0.4 is 10.1 Å². The maximum atomic E-state index is 12.2. The van der Waals surface area contributed by atoms with Crippen LogP contribution in [0.25, 0.3) is 0 Å². The molecule has 1 aromatic rings. The Bertz CT molecular complexity index is 482. The molecule has 2 bridgehead atoms. The molecule has 3 rings (SSSR count). The summed E-state index contributed by atoms with van der Waals surface area (Å²) in [4.78, 5) is 12.2. The van der Waals surface area contributed by atoms with Gasteiger partial charge in [-0.15, -0.1) is 0 Å². The van der Waals surface area contributed by atoms with Crippen LogP contribution in [0.4, 0.5) is 0 Å². The molecule has 0 unspecified atom stereocenters. The summed E-state index contributed by atoms with van der Waals surface area (Å²) in [5, 5.41) is 3.18. The van der Waals surface area contributed by atoms with E-state index in [1.54, 1.807) is 0 Å². The minimum Gasteiger partial charge on any atom is -0.481 e. The molecule has 0 aromatic heterocycles. The molecule has 1 aromatic carbocycles. The van der Waals surface area contributed by atoms with E-state index >= 15 is 0 Å². The lowest BCUT2D eigenvalue weighted by Gasteiger charge is -2.24. The number of carbonyl (C=O) groups is 1. The van der Waals surface area contributed by atoms with Crippen LogP contribution in [-0.4, -0.2) is 18.1 Å². The summed E-state index contributed by atoms with van der Waals surface area (Å²) in [5.41, 5.74) is 1.19. The molecule has 3 nitrogen and oxygen atoms in total. The smallest absolute Gasteiger partial charge is 0.261 e. The Balaban J connectivity index is 1.53. The molecule has 0 radical (unpaired) electrons. The molecule has 0 saturated heterocycles.